The largest absolute Gasteiger partial charge is 0.479 e. The number of anilines is 1. The molecule has 1 aliphatic rings. The lowest BCUT2D eigenvalue weighted by molar-refractivity contribution is -0.158. The second kappa shape index (κ2) is 6.40. The standard InChI is InChI=1S/C17H14BrNO6S/c1-25-16(22)17(15(20)21)10-11-9-12(18)7-8-14(11)19(17)26(23,24)13-5-3-2-4-6-13/h2-9H,10H2,1H3,(H,20,21). The fraction of sp³-hybridized carbons (Fsp3) is 0.176. The summed E-state index contributed by atoms with van der Waals surface area (Å²) in [6, 6.07) is 12.0. The average molecular weight is 440 g/mol. The number of fused-ring (bicyclic) bond motifs is 1. The van der Waals surface area contributed by atoms with Gasteiger partial charge in [-0.05, 0) is 35.9 Å². The number of hydrogen-bond donors (Lipinski definition) is 1. The van der Waals surface area contributed by atoms with Crippen LogP contribution < -0.4 is 4.31 Å². The monoisotopic (exact) mass is 439 g/mol. The first-order chi connectivity index (χ1) is 12.2. The molecule has 0 radical (unpaired) electrons. The highest BCUT2D eigenvalue weighted by Gasteiger charge is 2.61. The molecule has 0 aliphatic carbocycles. The highest BCUT2D eigenvalue weighted by molar-refractivity contribution is 9.10. The van der Waals surface area contributed by atoms with Crippen LogP contribution in [0.3, 0.4) is 0 Å². The number of nitrogens with zero attached hydrogens (tertiary/aromatic N) is 1. The topological polar surface area (TPSA) is 101 Å². The third-order valence-electron chi connectivity index (χ3n) is 4.21. The second-order valence-electron chi connectivity index (χ2n) is 5.69. The molecule has 0 spiro atoms. The molecule has 2 aromatic carbocycles. The number of hydrogen-bond acceptors (Lipinski definition) is 5. The number of sulfonamides is 1. The van der Waals surface area contributed by atoms with Crippen molar-refractivity contribution in [2.24, 2.45) is 0 Å². The summed E-state index contributed by atoms with van der Waals surface area (Å²) in [7, 11) is -3.31. The lowest BCUT2D eigenvalue weighted by atomic mass is 9.95. The van der Waals surface area contributed by atoms with E-state index in [2.05, 4.69) is 20.7 Å². The Morgan fingerprint density at radius 3 is 2.42 bits per heavy atom. The number of ether oxygens (including phenoxy) is 1. The Balaban J connectivity index is 2.33. The normalized spacial score (nSPS) is 19.1. The molecule has 1 atom stereocenters. The Hall–Kier alpha value is -2.39. The number of rotatable bonds is 4. The van der Waals surface area contributed by atoms with E-state index in [1.165, 1.54) is 30.3 Å². The molecule has 1 unspecified atom stereocenters. The maximum Gasteiger partial charge on any atom is 0.344 e. The molecule has 9 heteroatoms. The smallest absolute Gasteiger partial charge is 0.344 e. The van der Waals surface area contributed by atoms with Crippen LogP contribution in [-0.2, 0) is 30.8 Å². The van der Waals surface area contributed by atoms with Crippen LogP contribution in [0.1, 0.15) is 5.56 Å². The van der Waals surface area contributed by atoms with E-state index >= 15 is 0 Å². The molecular formula is C17H14BrNO6S. The molecule has 7 nitrogen and oxygen atoms in total. The minimum Gasteiger partial charge on any atom is -0.479 e. The zero-order chi connectivity index (χ0) is 19.1. The second-order valence-corrected chi connectivity index (χ2v) is 8.39. The molecule has 0 saturated carbocycles. The fourth-order valence-electron chi connectivity index (χ4n) is 3.05. The van der Waals surface area contributed by atoms with Crippen molar-refractivity contribution in [1.82, 2.24) is 0 Å². The molecule has 26 heavy (non-hydrogen) atoms. The van der Waals surface area contributed by atoms with E-state index in [-0.39, 0.29) is 17.0 Å². The minimum absolute atomic E-state index is 0.120. The Morgan fingerprint density at radius 2 is 1.85 bits per heavy atom. The number of aliphatic carboxylic acids is 1. The number of esters is 1. The minimum atomic E-state index is -4.34. The van der Waals surface area contributed by atoms with Gasteiger partial charge in [0.2, 0.25) is 0 Å². The van der Waals surface area contributed by atoms with Crippen LogP contribution in [0.25, 0.3) is 0 Å². The fourth-order valence-corrected chi connectivity index (χ4v) is 5.24. The van der Waals surface area contributed by atoms with E-state index in [4.69, 9.17) is 0 Å². The summed E-state index contributed by atoms with van der Waals surface area (Å²) in [5, 5.41) is 9.87. The molecule has 0 aromatic heterocycles. The Labute approximate surface area is 158 Å². The van der Waals surface area contributed by atoms with Gasteiger partial charge in [0.1, 0.15) is 0 Å². The zero-order valence-electron chi connectivity index (χ0n) is 13.5. The van der Waals surface area contributed by atoms with Crippen molar-refractivity contribution in [2.75, 3.05) is 11.4 Å². The van der Waals surface area contributed by atoms with E-state index in [0.29, 0.717) is 14.3 Å². The molecule has 1 N–H and O–H groups in total. The lowest BCUT2D eigenvalue weighted by Crippen LogP contribution is -2.61. The molecule has 0 bridgehead atoms. The van der Waals surface area contributed by atoms with Gasteiger partial charge in [0, 0.05) is 10.9 Å². The van der Waals surface area contributed by atoms with Crippen LogP contribution in [-0.4, -0.2) is 38.1 Å². The van der Waals surface area contributed by atoms with Crippen LogP contribution in [0.15, 0.2) is 57.9 Å². The van der Waals surface area contributed by atoms with Crippen molar-refractivity contribution in [2.45, 2.75) is 16.9 Å². The van der Waals surface area contributed by atoms with E-state index in [0.717, 1.165) is 7.11 Å². The van der Waals surface area contributed by atoms with Crippen LogP contribution in [0.5, 0.6) is 0 Å². The highest BCUT2D eigenvalue weighted by atomic mass is 79.9. The van der Waals surface area contributed by atoms with E-state index in [1.807, 2.05) is 0 Å². The summed E-state index contributed by atoms with van der Waals surface area (Å²) in [5.41, 5.74) is -1.87. The predicted octanol–water partition coefficient (Wildman–Crippen LogP) is 2.20. The van der Waals surface area contributed by atoms with Gasteiger partial charge in [-0.3, -0.25) is 0 Å². The molecule has 0 saturated heterocycles. The summed E-state index contributed by atoms with van der Waals surface area (Å²) in [4.78, 5) is 24.5. The number of methoxy groups -OCH3 is 1. The molecular weight excluding hydrogens is 426 g/mol. The van der Waals surface area contributed by atoms with E-state index < -0.39 is 27.5 Å². The maximum absolute atomic E-state index is 13.3. The van der Waals surface area contributed by atoms with Crippen molar-refractivity contribution in [3.05, 3.63) is 58.6 Å². The number of carbonyl (C=O) groups is 2. The number of benzene rings is 2. The first-order valence-corrected chi connectivity index (χ1v) is 9.69. The van der Waals surface area contributed by atoms with Gasteiger partial charge in [-0.1, -0.05) is 34.1 Å². The van der Waals surface area contributed by atoms with Gasteiger partial charge in [0.05, 0.1) is 17.7 Å². The number of carboxylic acid groups (broad SMARTS) is 1. The zero-order valence-corrected chi connectivity index (χ0v) is 16.0. The van der Waals surface area contributed by atoms with Gasteiger partial charge in [-0.2, -0.15) is 0 Å². The van der Waals surface area contributed by atoms with Crippen molar-refractivity contribution in [1.29, 1.82) is 0 Å². The third-order valence-corrected chi connectivity index (χ3v) is 6.56. The Morgan fingerprint density at radius 1 is 1.19 bits per heavy atom. The quantitative estimate of drug-likeness (QED) is 0.578. The van der Waals surface area contributed by atoms with E-state index in [9.17, 15) is 23.1 Å². The molecule has 3 rings (SSSR count). The molecule has 1 heterocycles. The van der Waals surface area contributed by atoms with Gasteiger partial charge in [0.25, 0.3) is 15.6 Å². The SMILES string of the molecule is COC(=O)C1(C(=O)O)Cc2cc(Br)ccc2N1S(=O)(=O)c1ccccc1. The molecule has 2 aromatic rings. The van der Waals surface area contributed by atoms with Crippen molar-refractivity contribution in [3.63, 3.8) is 0 Å². The first kappa shape index (κ1) is 18.4. The summed E-state index contributed by atoms with van der Waals surface area (Å²) in [5.74, 6) is -2.76. The van der Waals surface area contributed by atoms with Gasteiger partial charge >= 0.3 is 11.9 Å². The predicted molar refractivity (Wildman–Crippen MR) is 96.3 cm³/mol. The average Bonchev–Trinajstić information content (AvgIpc) is 2.97. The Kier molecular flexibility index (Phi) is 4.53. The maximum atomic E-state index is 13.3. The Bertz CT molecular complexity index is 992. The van der Waals surface area contributed by atoms with Gasteiger partial charge in [-0.25, -0.2) is 22.3 Å². The highest BCUT2D eigenvalue weighted by Crippen LogP contribution is 2.44. The lowest BCUT2D eigenvalue weighted by Gasteiger charge is -2.33. The third kappa shape index (κ3) is 2.58. The van der Waals surface area contributed by atoms with Crippen LogP contribution in [0.4, 0.5) is 5.69 Å². The van der Waals surface area contributed by atoms with Crippen molar-refractivity contribution in [3.8, 4) is 0 Å². The van der Waals surface area contributed by atoms with Crippen molar-refractivity contribution < 1.29 is 27.9 Å². The molecule has 136 valence electrons. The van der Waals surface area contributed by atoms with E-state index in [1.54, 1.807) is 18.2 Å². The molecule has 0 amide bonds. The molecule has 1 aliphatic heterocycles. The van der Waals surface area contributed by atoms with Crippen LogP contribution in [0, 0.1) is 0 Å². The van der Waals surface area contributed by atoms with Gasteiger partial charge in [0.15, 0.2) is 0 Å². The van der Waals surface area contributed by atoms with Crippen LogP contribution in [0.2, 0.25) is 0 Å². The summed E-state index contributed by atoms with van der Waals surface area (Å²) >= 11 is 3.28. The van der Waals surface area contributed by atoms with Gasteiger partial charge < -0.3 is 9.84 Å². The van der Waals surface area contributed by atoms with Crippen LogP contribution >= 0.6 is 15.9 Å². The first-order valence-electron chi connectivity index (χ1n) is 7.46. The molecule has 0 fully saturated rings. The van der Waals surface area contributed by atoms with Gasteiger partial charge in [-0.15, -0.1) is 0 Å². The number of carbonyl (C=O) groups excluding carboxylic acids is 1. The summed E-state index contributed by atoms with van der Waals surface area (Å²) < 4.78 is 32.5. The number of carboxylic acids is 1. The number of halogens is 1. The summed E-state index contributed by atoms with van der Waals surface area (Å²) in [6.07, 6.45) is -0.337. The summed E-state index contributed by atoms with van der Waals surface area (Å²) in [6.45, 7) is 0. The van der Waals surface area contributed by atoms with Crippen molar-refractivity contribution >= 4 is 43.6 Å².